The number of carbonyl (C=O) groups excluding carboxylic acids is 1. The van der Waals surface area contributed by atoms with E-state index in [-0.39, 0.29) is 24.2 Å². The Balaban J connectivity index is 2.58. The first-order chi connectivity index (χ1) is 8.34. The fourth-order valence-electron chi connectivity index (χ4n) is 2.57. The summed E-state index contributed by atoms with van der Waals surface area (Å²) in [6.07, 6.45) is 4.20. The van der Waals surface area contributed by atoms with Crippen molar-refractivity contribution in [1.29, 1.82) is 0 Å². The van der Waals surface area contributed by atoms with E-state index < -0.39 is 10.0 Å². The molecule has 1 heterocycles. The van der Waals surface area contributed by atoms with Crippen molar-refractivity contribution in [2.45, 2.75) is 32.6 Å². The predicted octanol–water partition coefficient (Wildman–Crippen LogP) is 0.636. The normalized spacial score (nSPS) is 23.8. The number of aliphatic hydroxyl groups excluding tert-OH is 1. The molecule has 1 rings (SSSR count). The molecule has 0 aromatic carbocycles. The van der Waals surface area contributed by atoms with Gasteiger partial charge >= 0.3 is 0 Å². The minimum absolute atomic E-state index is 0.00670. The van der Waals surface area contributed by atoms with E-state index in [1.807, 2.05) is 0 Å². The smallest absolute Gasteiger partial charge is 0.211 e. The number of piperidine rings is 1. The SMILES string of the molecule is CC(=O)C(CCO)CC1CCCN(S(C)(=O)=O)C1. The summed E-state index contributed by atoms with van der Waals surface area (Å²) in [6, 6.07) is 0. The summed E-state index contributed by atoms with van der Waals surface area (Å²) in [5.74, 6) is 0.175. The Kier molecular flexibility index (Phi) is 5.75. The minimum atomic E-state index is -3.13. The Morgan fingerprint density at radius 1 is 1.50 bits per heavy atom. The van der Waals surface area contributed by atoms with Gasteiger partial charge in [-0.3, -0.25) is 4.79 Å². The Morgan fingerprint density at radius 3 is 2.67 bits per heavy atom. The van der Waals surface area contributed by atoms with E-state index in [9.17, 15) is 13.2 Å². The van der Waals surface area contributed by atoms with Crippen LogP contribution in [-0.4, -0.2) is 49.6 Å². The van der Waals surface area contributed by atoms with Gasteiger partial charge in [0.2, 0.25) is 10.0 Å². The van der Waals surface area contributed by atoms with Crippen LogP contribution in [0.1, 0.15) is 32.6 Å². The van der Waals surface area contributed by atoms with Crippen molar-refractivity contribution in [2.24, 2.45) is 11.8 Å². The lowest BCUT2D eigenvalue weighted by atomic mass is 9.85. The van der Waals surface area contributed by atoms with Crippen LogP contribution >= 0.6 is 0 Å². The third-order valence-electron chi connectivity index (χ3n) is 3.62. The Labute approximate surface area is 109 Å². The molecule has 0 aromatic heterocycles. The second-order valence-electron chi connectivity index (χ2n) is 5.18. The number of sulfonamides is 1. The molecule has 0 spiro atoms. The van der Waals surface area contributed by atoms with Crippen molar-refractivity contribution in [3.8, 4) is 0 Å². The number of carbonyl (C=O) groups is 1. The van der Waals surface area contributed by atoms with E-state index in [1.54, 1.807) is 0 Å². The topological polar surface area (TPSA) is 74.7 Å². The molecule has 2 atom stereocenters. The molecule has 18 heavy (non-hydrogen) atoms. The van der Waals surface area contributed by atoms with Crippen molar-refractivity contribution < 1.29 is 18.3 Å². The van der Waals surface area contributed by atoms with Gasteiger partial charge < -0.3 is 5.11 Å². The predicted molar refractivity (Wildman–Crippen MR) is 69.6 cm³/mol. The first-order valence-electron chi connectivity index (χ1n) is 6.41. The highest BCUT2D eigenvalue weighted by Gasteiger charge is 2.28. The van der Waals surface area contributed by atoms with Gasteiger partial charge in [-0.2, -0.15) is 0 Å². The first kappa shape index (κ1) is 15.6. The van der Waals surface area contributed by atoms with Gasteiger partial charge in [-0.1, -0.05) is 0 Å². The summed E-state index contributed by atoms with van der Waals surface area (Å²) >= 11 is 0. The van der Waals surface area contributed by atoms with Crippen molar-refractivity contribution in [3.63, 3.8) is 0 Å². The molecule has 0 aliphatic carbocycles. The maximum Gasteiger partial charge on any atom is 0.211 e. The minimum Gasteiger partial charge on any atom is -0.396 e. The fourth-order valence-corrected chi connectivity index (χ4v) is 3.51. The third-order valence-corrected chi connectivity index (χ3v) is 4.89. The van der Waals surface area contributed by atoms with E-state index in [4.69, 9.17) is 5.11 Å². The van der Waals surface area contributed by atoms with Crippen LogP contribution in [0.25, 0.3) is 0 Å². The van der Waals surface area contributed by atoms with Gasteiger partial charge in [0, 0.05) is 25.6 Å². The molecule has 0 bridgehead atoms. The van der Waals surface area contributed by atoms with Crippen molar-refractivity contribution >= 4 is 15.8 Å². The maximum absolute atomic E-state index is 11.5. The lowest BCUT2D eigenvalue weighted by Gasteiger charge is -2.32. The molecule has 0 radical (unpaired) electrons. The lowest BCUT2D eigenvalue weighted by Crippen LogP contribution is -2.40. The summed E-state index contributed by atoms with van der Waals surface area (Å²) in [4.78, 5) is 11.4. The van der Waals surface area contributed by atoms with Crippen LogP contribution in [-0.2, 0) is 14.8 Å². The number of ketones is 1. The summed E-state index contributed by atoms with van der Waals surface area (Å²) < 4.78 is 24.5. The third kappa shape index (κ3) is 4.66. The zero-order chi connectivity index (χ0) is 13.8. The van der Waals surface area contributed by atoms with E-state index in [2.05, 4.69) is 0 Å². The number of nitrogens with zero attached hydrogens (tertiary/aromatic N) is 1. The van der Waals surface area contributed by atoms with Crippen LogP contribution in [0.2, 0.25) is 0 Å². The molecule has 1 aliphatic rings. The average Bonchev–Trinajstić information content (AvgIpc) is 2.27. The van der Waals surface area contributed by atoms with Gasteiger partial charge in [0.05, 0.1) is 6.26 Å². The van der Waals surface area contributed by atoms with Crippen molar-refractivity contribution in [3.05, 3.63) is 0 Å². The molecule has 0 aromatic rings. The molecule has 1 saturated heterocycles. The summed E-state index contributed by atoms with van der Waals surface area (Å²) in [5.41, 5.74) is 0. The van der Waals surface area contributed by atoms with Crippen LogP contribution in [0.3, 0.4) is 0 Å². The van der Waals surface area contributed by atoms with E-state index in [1.165, 1.54) is 17.5 Å². The number of Topliss-reactive ketones (excluding diaryl/α,β-unsaturated/α-hetero) is 1. The molecule has 0 saturated carbocycles. The lowest BCUT2D eigenvalue weighted by molar-refractivity contribution is -0.121. The van der Waals surface area contributed by atoms with Crippen LogP contribution in [0, 0.1) is 11.8 Å². The van der Waals surface area contributed by atoms with E-state index in [0.717, 1.165) is 12.8 Å². The molecule has 5 nitrogen and oxygen atoms in total. The van der Waals surface area contributed by atoms with Gasteiger partial charge in [0.1, 0.15) is 5.78 Å². The van der Waals surface area contributed by atoms with Gasteiger partial charge in [-0.15, -0.1) is 0 Å². The van der Waals surface area contributed by atoms with E-state index >= 15 is 0 Å². The van der Waals surface area contributed by atoms with Crippen LogP contribution in [0.4, 0.5) is 0 Å². The average molecular weight is 277 g/mol. The standard InChI is InChI=1S/C12H23NO4S/c1-10(15)12(5-7-14)8-11-4-3-6-13(9-11)18(2,16)17/h11-12,14H,3-9H2,1-2H3. The fraction of sp³-hybridized carbons (Fsp3) is 0.917. The number of hydrogen-bond acceptors (Lipinski definition) is 4. The zero-order valence-electron chi connectivity index (χ0n) is 11.1. The summed E-state index contributed by atoms with van der Waals surface area (Å²) in [5, 5.41) is 8.94. The molecule has 2 unspecified atom stereocenters. The van der Waals surface area contributed by atoms with Crippen LogP contribution in [0.15, 0.2) is 0 Å². The number of aliphatic hydroxyl groups is 1. The Morgan fingerprint density at radius 2 is 2.17 bits per heavy atom. The molecule has 6 heteroatoms. The molecule has 0 amide bonds. The summed E-state index contributed by atoms with van der Waals surface area (Å²) in [7, 11) is -3.13. The highest BCUT2D eigenvalue weighted by molar-refractivity contribution is 7.88. The van der Waals surface area contributed by atoms with Crippen LogP contribution in [0.5, 0.6) is 0 Å². The van der Waals surface area contributed by atoms with Crippen molar-refractivity contribution in [2.75, 3.05) is 26.0 Å². The molecule has 106 valence electrons. The molecular weight excluding hydrogens is 254 g/mol. The highest BCUT2D eigenvalue weighted by Crippen LogP contribution is 2.26. The van der Waals surface area contributed by atoms with Gasteiger partial charge in [-0.05, 0) is 38.5 Å². The second-order valence-corrected chi connectivity index (χ2v) is 7.17. The molecule has 1 aliphatic heterocycles. The zero-order valence-corrected chi connectivity index (χ0v) is 11.9. The highest BCUT2D eigenvalue weighted by atomic mass is 32.2. The second kappa shape index (κ2) is 6.63. The number of rotatable bonds is 6. The van der Waals surface area contributed by atoms with E-state index in [0.29, 0.717) is 25.9 Å². The first-order valence-corrected chi connectivity index (χ1v) is 8.26. The maximum atomic E-state index is 11.5. The van der Waals surface area contributed by atoms with Gasteiger partial charge in [0.15, 0.2) is 0 Å². The van der Waals surface area contributed by atoms with Crippen molar-refractivity contribution in [1.82, 2.24) is 4.31 Å². The van der Waals surface area contributed by atoms with Crippen LogP contribution < -0.4 is 0 Å². The largest absolute Gasteiger partial charge is 0.396 e. The van der Waals surface area contributed by atoms with Gasteiger partial charge in [0.25, 0.3) is 0 Å². The quantitative estimate of drug-likeness (QED) is 0.773. The number of hydrogen-bond donors (Lipinski definition) is 1. The van der Waals surface area contributed by atoms with Gasteiger partial charge in [-0.25, -0.2) is 12.7 Å². The molecule has 1 fully saturated rings. The molecular formula is C12H23NO4S. The summed E-state index contributed by atoms with van der Waals surface area (Å²) in [6.45, 7) is 2.64. The monoisotopic (exact) mass is 277 g/mol. The Hall–Kier alpha value is -0.460. The molecule has 1 N–H and O–H groups in total. The Bertz CT molecular complexity index is 380.